The van der Waals surface area contributed by atoms with Gasteiger partial charge in [-0.2, -0.15) is 11.3 Å². The Morgan fingerprint density at radius 3 is 3.00 bits per heavy atom. The van der Waals surface area contributed by atoms with Gasteiger partial charge in [-0.3, -0.25) is 0 Å². The zero-order valence-corrected chi connectivity index (χ0v) is 9.13. The van der Waals surface area contributed by atoms with Gasteiger partial charge < -0.3 is 10.5 Å². The SMILES string of the molecule is NC1CCCCC1OCc1ccsc1. The van der Waals surface area contributed by atoms with Crippen molar-refractivity contribution in [1.29, 1.82) is 0 Å². The van der Waals surface area contributed by atoms with Crippen molar-refractivity contribution in [3.05, 3.63) is 22.4 Å². The summed E-state index contributed by atoms with van der Waals surface area (Å²) in [6, 6.07) is 2.36. The van der Waals surface area contributed by atoms with Crippen LogP contribution in [-0.2, 0) is 11.3 Å². The molecule has 0 saturated heterocycles. The van der Waals surface area contributed by atoms with E-state index in [1.807, 2.05) is 0 Å². The second kappa shape index (κ2) is 4.91. The minimum Gasteiger partial charge on any atom is -0.372 e. The number of ether oxygens (including phenoxy) is 1. The molecular weight excluding hydrogens is 194 g/mol. The van der Waals surface area contributed by atoms with Crippen LogP contribution < -0.4 is 5.73 Å². The third-order valence-electron chi connectivity index (χ3n) is 2.80. The zero-order chi connectivity index (χ0) is 9.80. The first-order chi connectivity index (χ1) is 6.86. The standard InChI is InChI=1S/C11H17NOS/c12-10-3-1-2-4-11(10)13-7-9-5-6-14-8-9/h5-6,8,10-11H,1-4,7,12H2. The number of thiophene rings is 1. The smallest absolute Gasteiger partial charge is 0.0730 e. The van der Waals surface area contributed by atoms with Crippen molar-refractivity contribution in [1.82, 2.24) is 0 Å². The van der Waals surface area contributed by atoms with E-state index >= 15 is 0 Å². The number of rotatable bonds is 3. The van der Waals surface area contributed by atoms with E-state index in [1.165, 1.54) is 18.4 Å². The molecule has 2 N–H and O–H groups in total. The fourth-order valence-corrected chi connectivity index (χ4v) is 2.56. The van der Waals surface area contributed by atoms with Crippen LogP contribution in [0.4, 0.5) is 0 Å². The quantitative estimate of drug-likeness (QED) is 0.834. The van der Waals surface area contributed by atoms with E-state index in [0.717, 1.165) is 19.4 Å². The van der Waals surface area contributed by atoms with E-state index < -0.39 is 0 Å². The Kier molecular flexibility index (Phi) is 3.56. The third kappa shape index (κ3) is 2.56. The van der Waals surface area contributed by atoms with Gasteiger partial charge in [0.25, 0.3) is 0 Å². The molecule has 3 heteroatoms. The van der Waals surface area contributed by atoms with Crippen LogP contribution in [0.25, 0.3) is 0 Å². The predicted octanol–water partition coefficient (Wildman–Crippen LogP) is 2.53. The van der Waals surface area contributed by atoms with Gasteiger partial charge in [0.05, 0.1) is 12.7 Å². The largest absolute Gasteiger partial charge is 0.372 e. The molecule has 2 atom stereocenters. The van der Waals surface area contributed by atoms with E-state index in [1.54, 1.807) is 11.3 Å². The van der Waals surface area contributed by atoms with Gasteiger partial charge in [0.1, 0.15) is 0 Å². The van der Waals surface area contributed by atoms with Crippen molar-refractivity contribution in [2.24, 2.45) is 5.73 Å². The summed E-state index contributed by atoms with van der Waals surface area (Å²) in [4.78, 5) is 0. The van der Waals surface area contributed by atoms with Crippen LogP contribution in [-0.4, -0.2) is 12.1 Å². The summed E-state index contributed by atoms with van der Waals surface area (Å²) >= 11 is 1.72. The molecule has 1 saturated carbocycles. The second-order valence-corrected chi connectivity index (χ2v) is 4.71. The predicted molar refractivity (Wildman–Crippen MR) is 59.3 cm³/mol. The molecule has 0 bridgehead atoms. The van der Waals surface area contributed by atoms with Gasteiger partial charge in [-0.05, 0) is 35.2 Å². The van der Waals surface area contributed by atoms with Crippen molar-refractivity contribution >= 4 is 11.3 Å². The number of hydrogen-bond donors (Lipinski definition) is 1. The van der Waals surface area contributed by atoms with Crippen LogP contribution in [0, 0.1) is 0 Å². The monoisotopic (exact) mass is 211 g/mol. The fourth-order valence-electron chi connectivity index (χ4n) is 1.91. The molecule has 1 aliphatic carbocycles. The maximum Gasteiger partial charge on any atom is 0.0730 e. The summed E-state index contributed by atoms with van der Waals surface area (Å²) < 4.78 is 5.82. The molecule has 2 rings (SSSR count). The average Bonchev–Trinajstić information content (AvgIpc) is 2.69. The van der Waals surface area contributed by atoms with Crippen molar-refractivity contribution < 1.29 is 4.74 Å². The molecule has 14 heavy (non-hydrogen) atoms. The van der Waals surface area contributed by atoms with Gasteiger partial charge in [-0.1, -0.05) is 12.8 Å². The molecule has 0 amide bonds. The van der Waals surface area contributed by atoms with Crippen molar-refractivity contribution in [3.63, 3.8) is 0 Å². The second-order valence-electron chi connectivity index (χ2n) is 3.93. The van der Waals surface area contributed by atoms with Gasteiger partial charge in [-0.25, -0.2) is 0 Å². The minimum atomic E-state index is 0.252. The summed E-state index contributed by atoms with van der Waals surface area (Å²) in [7, 11) is 0. The van der Waals surface area contributed by atoms with Crippen LogP contribution in [0.3, 0.4) is 0 Å². The van der Waals surface area contributed by atoms with E-state index in [9.17, 15) is 0 Å². The highest BCUT2D eigenvalue weighted by molar-refractivity contribution is 7.07. The number of hydrogen-bond acceptors (Lipinski definition) is 3. The fraction of sp³-hybridized carbons (Fsp3) is 0.636. The molecule has 1 fully saturated rings. The normalized spacial score (nSPS) is 27.8. The van der Waals surface area contributed by atoms with Crippen LogP contribution in [0.5, 0.6) is 0 Å². The molecule has 2 nitrogen and oxygen atoms in total. The molecule has 1 aliphatic rings. The molecule has 2 unspecified atom stereocenters. The highest BCUT2D eigenvalue weighted by Gasteiger charge is 2.22. The minimum absolute atomic E-state index is 0.252. The van der Waals surface area contributed by atoms with E-state index in [0.29, 0.717) is 0 Å². The molecule has 0 aromatic carbocycles. The first-order valence-corrected chi connectivity index (χ1v) is 6.19. The highest BCUT2D eigenvalue weighted by atomic mass is 32.1. The van der Waals surface area contributed by atoms with Crippen LogP contribution in [0.1, 0.15) is 31.2 Å². The molecule has 0 spiro atoms. The highest BCUT2D eigenvalue weighted by Crippen LogP contribution is 2.21. The van der Waals surface area contributed by atoms with E-state index in [2.05, 4.69) is 16.8 Å². The molecule has 1 aromatic heterocycles. The van der Waals surface area contributed by atoms with Gasteiger partial charge in [0.15, 0.2) is 0 Å². The van der Waals surface area contributed by atoms with Gasteiger partial charge >= 0.3 is 0 Å². The summed E-state index contributed by atoms with van der Waals surface area (Å²) in [6.07, 6.45) is 5.06. The van der Waals surface area contributed by atoms with E-state index in [4.69, 9.17) is 10.5 Å². The van der Waals surface area contributed by atoms with Crippen LogP contribution >= 0.6 is 11.3 Å². The maximum atomic E-state index is 6.00. The van der Waals surface area contributed by atoms with Gasteiger partial charge in [0.2, 0.25) is 0 Å². The lowest BCUT2D eigenvalue weighted by molar-refractivity contribution is 0.00419. The Morgan fingerprint density at radius 2 is 2.29 bits per heavy atom. The summed E-state index contributed by atoms with van der Waals surface area (Å²) in [6.45, 7) is 0.724. The Hall–Kier alpha value is -0.380. The maximum absolute atomic E-state index is 6.00. The Labute approximate surface area is 89.1 Å². The van der Waals surface area contributed by atoms with Crippen LogP contribution in [0.15, 0.2) is 16.8 Å². The third-order valence-corrected chi connectivity index (χ3v) is 3.53. The molecule has 0 aliphatic heterocycles. The van der Waals surface area contributed by atoms with E-state index in [-0.39, 0.29) is 12.1 Å². The summed E-state index contributed by atoms with van der Waals surface area (Å²) in [5, 5.41) is 4.22. The molecule has 0 radical (unpaired) electrons. The molecule has 78 valence electrons. The Bertz CT molecular complexity index is 260. The lowest BCUT2D eigenvalue weighted by Gasteiger charge is -2.28. The van der Waals surface area contributed by atoms with Crippen molar-refractivity contribution in [3.8, 4) is 0 Å². The first-order valence-electron chi connectivity index (χ1n) is 5.24. The van der Waals surface area contributed by atoms with Gasteiger partial charge in [-0.15, -0.1) is 0 Å². The lowest BCUT2D eigenvalue weighted by atomic mass is 9.93. The van der Waals surface area contributed by atoms with Crippen molar-refractivity contribution in [2.75, 3.05) is 0 Å². The average molecular weight is 211 g/mol. The summed E-state index contributed by atoms with van der Waals surface area (Å²) in [5.41, 5.74) is 7.27. The molecular formula is C11H17NOS. The first kappa shape index (κ1) is 10.1. The Balaban J connectivity index is 1.79. The van der Waals surface area contributed by atoms with Crippen molar-refractivity contribution in [2.45, 2.75) is 44.4 Å². The number of nitrogens with two attached hydrogens (primary N) is 1. The Morgan fingerprint density at radius 1 is 1.43 bits per heavy atom. The summed E-state index contributed by atoms with van der Waals surface area (Å²) in [5.74, 6) is 0. The molecule has 1 heterocycles. The van der Waals surface area contributed by atoms with Gasteiger partial charge in [0, 0.05) is 6.04 Å². The molecule has 1 aromatic rings. The van der Waals surface area contributed by atoms with Crippen LogP contribution in [0.2, 0.25) is 0 Å². The zero-order valence-electron chi connectivity index (χ0n) is 8.32. The lowest BCUT2D eigenvalue weighted by Crippen LogP contribution is -2.39. The topological polar surface area (TPSA) is 35.2 Å².